The summed E-state index contributed by atoms with van der Waals surface area (Å²) in [7, 11) is -3.37. The van der Waals surface area contributed by atoms with Crippen LogP contribution < -0.4 is 11.1 Å². The third-order valence-electron chi connectivity index (χ3n) is 2.84. The first-order valence-electron chi connectivity index (χ1n) is 5.99. The van der Waals surface area contributed by atoms with Crippen molar-refractivity contribution in [3.63, 3.8) is 0 Å². The summed E-state index contributed by atoms with van der Waals surface area (Å²) in [4.78, 5) is 12.1. The van der Waals surface area contributed by atoms with E-state index < -0.39 is 27.2 Å². The number of hydrogen-bond acceptors (Lipinski definition) is 4. The second-order valence-electron chi connectivity index (χ2n) is 5.75. The van der Waals surface area contributed by atoms with Gasteiger partial charge in [-0.3, -0.25) is 4.79 Å². The summed E-state index contributed by atoms with van der Waals surface area (Å²) < 4.78 is 23.0. The van der Waals surface area contributed by atoms with E-state index >= 15 is 0 Å². The van der Waals surface area contributed by atoms with E-state index in [1.807, 2.05) is 20.8 Å². The number of sulfone groups is 1. The molecule has 7 heteroatoms. The van der Waals surface area contributed by atoms with E-state index in [0.29, 0.717) is 0 Å². The Bertz CT molecular complexity index is 621. The molecule has 0 aliphatic carbocycles. The highest BCUT2D eigenvalue weighted by Gasteiger charge is 2.28. The average Bonchev–Trinajstić information content (AvgIpc) is 2.28. The van der Waals surface area contributed by atoms with Crippen molar-refractivity contribution in [2.24, 2.45) is 11.1 Å². The number of nitrogens with one attached hydrogen (secondary N) is 1. The van der Waals surface area contributed by atoms with E-state index in [1.165, 1.54) is 18.2 Å². The maximum Gasteiger partial charge on any atom is 0.241 e. The quantitative estimate of drug-likeness (QED) is 0.892. The Kier molecular flexibility index (Phi) is 4.84. The highest BCUT2D eigenvalue weighted by Crippen LogP contribution is 2.26. The molecule has 0 aromatic heterocycles. The van der Waals surface area contributed by atoms with Crippen molar-refractivity contribution in [1.29, 1.82) is 0 Å². The summed E-state index contributed by atoms with van der Waals surface area (Å²) in [5, 5.41) is 2.83. The molecule has 112 valence electrons. The Balaban J connectivity index is 3.07. The molecule has 1 rings (SSSR count). The van der Waals surface area contributed by atoms with Crippen LogP contribution in [0.25, 0.3) is 0 Å². The number of carbonyl (C=O) groups is 1. The molecule has 1 aromatic rings. The van der Waals surface area contributed by atoms with Gasteiger partial charge in [-0.05, 0) is 23.6 Å². The van der Waals surface area contributed by atoms with E-state index in [9.17, 15) is 13.2 Å². The number of anilines is 1. The predicted molar refractivity (Wildman–Crippen MR) is 80.6 cm³/mol. The molecular weight excluding hydrogens is 300 g/mol. The third kappa shape index (κ3) is 4.19. The van der Waals surface area contributed by atoms with E-state index in [2.05, 4.69) is 5.32 Å². The van der Waals surface area contributed by atoms with Crippen molar-refractivity contribution in [3.05, 3.63) is 23.2 Å². The minimum absolute atomic E-state index is 0.0848. The molecule has 0 heterocycles. The van der Waals surface area contributed by atoms with Gasteiger partial charge in [-0.15, -0.1) is 0 Å². The number of hydrogen-bond donors (Lipinski definition) is 2. The standard InChI is InChI=1S/C13H19ClN2O3S/c1-13(2,3)11(15)12(17)16-10-7-8(20(4,18)19)5-6-9(10)14/h5-7,11H,15H2,1-4H3,(H,16,17). The zero-order valence-corrected chi connectivity index (χ0v) is 13.5. The highest BCUT2D eigenvalue weighted by atomic mass is 35.5. The van der Waals surface area contributed by atoms with Crippen LogP contribution in [-0.4, -0.2) is 26.6 Å². The molecule has 20 heavy (non-hydrogen) atoms. The molecular formula is C13H19ClN2O3S. The van der Waals surface area contributed by atoms with Crippen LogP contribution in [0, 0.1) is 5.41 Å². The Morgan fingerprint density at radius 2 is 1.90 bits per heavy atom. The van der Waals surface area contributed by atoms with Crippen molar-refractivity contribution in [3.8, 4) is 0 Å². The van der Waals surface area contributed by atoms with Gasteiger partial charge in [0, 0.05) is 6.26 Å². The zero-order valence-electron chi connectivity index (χ0n) is 11.9. The maximum absolute atomic E-state index is 12.0. The first-order chi connectivity index (χ1) is 8.93. The van der Waals surface area contributed by atoms with Gasteiger partial charge in [-0.25, -0.2) is 8.42 Å². The van der Waals surface area contributed by atoms with Crippen molar-refractivity contribution < 1.29 is 13.2 Å². The van der Waals surface area contributed by atoms with Crippen molar-refractivity contribution in [2.75, 3.05) is 11.6 Å². The number of rotatable bonds is 3. The van der Waals surface area contributed by atoms with Gasteiger partial charge in [0.05, 0.1) is 21.6 Å². The van der Waals surface area contributed by atoms with Crippen molar-refractivity contribution in [1.82, 2.24) is 0 Å². The molecule has 1 amide bonds. The van der Waals surface area contributed by atoms with Gasteiger partial charge in [0.15, 0.2) is 9.84 Å². The minimum Gasteiger partial charge on any atom is -0.323 e. The second kappa shape index (κ2) is 5.71. The number of amides is 1. The Morgan fingerprint density at radius 1 is 1.35 bits per heavy atom. The largest absolute Gasteiger partial charge is 0.323 e. The zero-order chi connectivity index (χ0) is 15.7. The van der Waals surface area contributed by atoms with Crippen LogP contribution in [0.2, 0.25) is 5.02 Å². The van der Waals surface area contributed by atoms with Crippen molar-refractivity contribution in [2.45, 2.75) is 31.7 Å². The lowest BCUT2D eigenvalue weighted by molar-refractivity contribution is -0.119. The van der Waals surface area contributed by atoms with Gasteiger partial charge in [0.25, 0.3) is 0 Å². The van der Waals surface area contributed by atoms with Gasteiger partial charge in [-0.1, -0.05) is 32.4 Å². The molecule has 0 spiro atoms. The Labute approximate surface area is 124 Å². The average molecular weight is 319 g/mol. The Morgan fingerprint density at radius 3 is 2.35 bits per heavy atom. The first-order valence-corrected chi connectivity index (χ1v) is 8.26. The van der Waals surface area contributed by atoms with E-state index in [0.717, 1.165) is 6.26 Å². The smallest absolute Gasteiger partial charge is 0.241 e. The SMILES string of the molecule is CC(C)(C)C(N)C(=O)Nc1cc(S(C)(=O)=O)ccc1Cl. The lowest BCUT2D eigenvalue weighted by atomic mass is 9.87. The molecule has 1 atom stereocenters. The minimum atomic E-state index is -3.37. The lowest BCUT2D eigenvalue weighted by Crippen LogP contribution is -2.45. The summed E-state index contributed by atoms with van der Waals surface area (Å²) in [6.45, 7) is 5.52. The summed E-state index contributed by atoms with van der Waals surface area (Å²) in [6.07, 6.45) is 1.09. The fraction of sp³-hybridized carbons (Fsp3) is 0.462. The van der Waals surface area contributed by atoms with Crippen LogP contribution in [0.4, 0.5) is 5.69 Å². The molecule has 5 nitrogen and oxygen atoms in total. The van der Waals surface area contributed by atoms with Gasteiger partial charge in [0.1, 0.15) is 0 Å². The van der Waals surface area contributed by atoms with Crippen LogP contribution in [-0.2, 0) is 14.6 Å². The Hall–Kier alpha value is -1.11. The molecule has 0 aliphatic rings. The summed E-state index contributed by atoms with van der Waals surface area (Å²) in [5.41, 5.74) is 5.67. The number of nitrogens with two attached hydrogens (primary N) is 1. The second-order valence-corrected chi connectivity index (χ2v) is 8.17. The predicted octanol–water partition coefficient (Wildman–Crippen LogP) is 2.06. The molecule has 0 bridgehead atoms. The van der Waals surface area contributed by atoms with Crippen LogP contribution in [0.1, 0.15) is 20.8 Å². The van der Waals surface area contributed by atoms with Crippen LogP contribution in [0.3, 0.4) is 0 Å². The molecule has 1 unspecified atom stereocenters. The molecule has 0 fully saturated rings. The molecule has 0 radical (unpaired) electrons. The van der Waals surface area contributed by atoms with Gasteiger partial charge in [-0.2, -0.15) is 0 Å². The summed E-state index contributed by atoms with van der Waals surface area (Å²) >= 11 is 5.96. The molecule has 0 aliphatic heterocycles. The highest BCUT2D eigenvalue weighted by molar-refractivity contribution is 7.90. The number of carbonyl (C=O) groups excluding carboxylic acids is 1. The maximum atomic E-state index is 12.0. The number of halogens is 1. The monoisotopic (exact) mass is 318 g/mol. The summed E-state index contributed by atoms with van der Waals surface area (Å²) in [5.74, 6) is -0.412. The van der Waals surface area contributed by atoms with Gasteiger partial charge in [0.2, 0.25) is 5.91 Å². The first kappa shape index (κ1) is 16.9. The van der Waals surface area contributed by atoms with Gasteiger partial charge >= 0.3 is 0 Å². The van der Waals surface area contributed by atoms with Gasteiger partial charge < -0.3 is 11.1 Å². The fourth-order valence-corrected chi connectivity index (χ4v) is 2.25. The van der Waals surface area contributed by atoms with Crippen LogP contribution >= 0.6 is 11.6 Å². The van der Waals surface area contributed by atoms with E-state index in [1.54, 1.807) is 0 Å². The third-order valence-corrected chi connectivity index (χ3v) is 4.28. The molecule has 3 N–H and O–H groups in total. The molecule has 0 saturated heterocycles. The normalized spacial score (nSPS) is 13.9. The van der Waals surface area contributed by atoms with Crippen LogP contribution in [0.5, 0.6) is 0 Å². The van der Waals surface area contributed by atoms with Crippen molar-refractivity contribution >= 4 is 33.0 Å². The molecule has 1 aromatic carbocycles. The topological polar surface area (TPSA) is 89.3 Å². The number of benzene rings is 1. The van der Waals surface area contributed by atoms with E-state index in [-0.39, 0.29) is 15.6 Å². The lowest BCUT2D eigenvalue weighted by Gasteiger charge is -2.26. The fourth-order valence-electron chi connectivity index (χ4n) is 1.43. The van der Waals surface area contributed by atoms with Crippen LogP contribution in [0.15, 0.2) is 23.1 Å². The van der Waals surface area contributed by atoms with E-state index in [4.69, 9.17) is 17.3 Å². The molecule has 0 saturated carbocycles. The summed E-state index contributed by atoms with van der Waals surface area (Å²) in [6, 6.07) is 3.40.